The third-order valence-corrected chi connectivity index (χ3v) is 3.51. The van der Waals surface area contributed by atoms with E-state index in [1.165, 1.54) is 0 Å². The van der Waals surface area contributed by atoms with Crippen LogP contribution in [-0.2, 0) is 13.0 Å². The van der Waals surface area contributed by atoms with Crippen molar-refractivity contribution < 1.29 is 4.79 Å². The highest BCUT2D eigenvalue weighted by Crippen LogP contribution is 2.18. The van der Waals surface area contributed by atoms with Crippen LogP contribution >= 0.6 is 0 Å². The molecule has 104 valence electrons. The monoisotopic (exact) mass is 270 g/mol. The Morgan fingerprint density at radius 3 is 3.10 bits per heavy atom. The van der Waals surface area contributed by atoms with Gasteiger partial charge in [0.1, 0.15) is 5.69 Å². The van der Waals surface area contributed by atoms with Crippen LogP contribution in [0.15, 0.2) is 30.5 Å². The quantitative estimate of drug-likeness (QED) is 0.901. The maximum atomic E-state index is 12.3. The second-order valence-electron chi connectivity index (χ2n) is 4.89. The lowest BCUT2D eigenvalue weighted by Gasteiger charge is -2.14. The largest absolute Gasteiger partial charge is 0.356 e. The van der Waals surface area contributed by atoms with Gasteiger partial charge >= 0.3 is 0 Å². The molecule has 0 aliphatic carbocycles. The Bertz CT molecular complexity index is 609. The Labute approximate surface area is 118 Å². The number of benzene rings is 1. The lowest BCUT2D eigenvalue weighted by molar-refractivity contribution is 0.102. The molecule has 1 aromatic heterocycles. The molecule has 1 amide bonds. The molecule has 5 nitrogen and oxygen atoms in total. The number of amides is 1. The molecule has 0 fully saturated rings. The van der Waals surface area contributed by atoms with Gasteiger partial charge in [-0.15, -0.1) is 0 Å². The van der Waals surface area contributed by atoms with Crippen LogP contribution in [0.4, 0.5) is 11.6 Å². The Balaban J connectivity index is 1.81. The number of anilines is 2. The summed E-state index contributed by atoms with van der Waals surface area (Å²) in [6.07, 6.45) is 3.76. The molecule has 0 atom stereocenters. The van der Waals surface area contributed by atoms with E-state index in [0.29, 0.717) is 5.69 Å². The van der Waals surface area contributed by atoms with Gasteiger partial charge in [-0.1, -0.05) is 25.1 Å². The van der Waals surface area contributed by atoms with Gasteiger partial charge in [-0.2, -0.15) is 0 Å². The highest BCUT2D eigenvalue weighted by molar-refractivity contribution is 6.03. The lowest BCUT2D eigenvalue weighted by Crippen LogP contribution is -2.16. The van der Waals surface area contributed by atoms with Gasteiger partial charge in [-0.3, -0.25) is 4.79 Å². The van der Waals surface area contributed by atoms with Crippen molar-refractivity contribution in [1.29, 1.82) is 0 Å². The molecular weight excluding hydrogens is 252 g/mol. The first-order valence-corrected chi connectivity index (χ1v) is 6.98. The summed E-state index contributed by atoms with van der Waals surface area (Å²) in [5.74, 6) is 0.625. The summed E-state index contributed by atoms with van der Waals surface area (Å²) in [4.78, 5) is 16.6. The van der Waals surface area contributed by atoms with Crippen molar-refractivity contribution in [1.82, 2.24) is 9.55 Å². The van der Waals surface area contributed by atoms with E-state index >= 15 is 0 Å². The number of hydrogen-bond acceptors (Lipinski definition) is 3. The summed E-state index contributed by atoms with van der Waals surface area (Å²) in [5, 5.41) is 6.14. The molecule has 0 saturated carbocycles. The number of imidazole rings is 1. The van der Waals surface area contributed by atoms with Crippen LogP contribution in [0.1, 0.15) is 29.4 Å². The number of fused-ring (bicyclic) bond motifs is 1. The van der Waals surface area contributed by atoms with Crippen LogP contribution in [0.3, 0.4) is 0 Å². The molecule has 2 heterocycles. The maximum absolute atomic E-state index is 12.3. The summed E-state index contributed by atoms with van der Waals surface area (Å²) in [5.41, 5.74) is 2.45. The standard InChI is InChI=1S/C15H18N4O/c1-2-11-6-3-4-7-12(11)17-14(20)13-10-19-9-5-8-16-15(19)18-13/h3-4,6-7,10H,2,5,8-9H2,1H3,(H,16,18)(H,17,20). The Morgan fingerprint density at radius 1 is 1.45 bits per heavy atom. The topological polar surface area (TPSA) is 59.0 Å². The third kappa shape index (κ3) is 2.39. The molecule has 5 heteroatoms. The number of aryl methyl sites for hydroxylation is 2. The Morgan fingerprint density at radius 2 is 2.30 bits per heavy atom. The van der Waals surface area contributed by atoms with Gasteiger partial charge in [-0.25, -0.2) is 4.98 Å². The highest BCUT2D eigenvalue weighted by atomic mass is 16.1. The number of rotatable bonds is 3. The number of carbonyl (C=O) groups is 1. The van der Waals surface area contributed by atoms with E-state index in [4.69, 9.17) is 0 Å². The van der Waals surface area contributed by atoms with Crippen molar-refractivity contribution in [2.45, 2.75) is 26.3 Å². The van der Waals surface area contributed by atoms with Gasteiger partial charge < -0.3 is 15.2 Å². The molecule has 1 aromatic carbocycles. The summed E-state index contributed by atoms with van der Waals surface area (Å²) in [7, 11) is 0. The minimum absolute atomic E-state index is 0.158. The molecule has 1 aliphatic heterocycles. The second-order valence-corrected chi connectivity index (χ2v) is 4.89. The maximum Gasteiger partial charge on any atom is 0.275 e. The average Bonchev–Trinajstić information content (AvgIpc) is 2.92. The fourth-order valence-corrected chi connectivity index (χ4v) is 2.42. The summed E-state index contributed by atoms with van der Waals surface area (Å²) in [6.45, 7) is 3.90. The third-order valence-electron chi connectivity index (χ3n) is 3.51. The Kier molecular flexibility index (Phi) is 3.41. The van der Waals surface area contributed by atoms with E-state index in [1.54, 1.807) is 0 Å². The van der Waals surface area contributed by atoms with E-state index < -0.39 is 0 Å². The smallest absolute Gasteiger partial charge is 0.275 e. The van der Waals surface area contributed by atoms with E-state index in [9.17, 15) is 4.79 Å². The number of aromatic nitrogens is 2. The molecule has 20 heavy (non-hydrogen) atoms. The van der Waals surface area contributed by atoms with Crippen molar-refractivity contribution >= 4 is 17.5 Å². The molecule has 0 unspecified atom stereocenters. The molecule has 2 aromatic rings. The van der Waals surface area contributed by atoms with Crippen LogP contribution in [0.5, 0.6) is 0 Å². The molecule has 0 bridgehead atoms. The van der Waals surface area contributed by atoms with E-state index in [-0.39, 0.29) is 5.91 Å². The number of hydrogen-bond donors (Lipinski definition) is 2. The van der Waals surface area contributed by atoms with Crippen molar-refractivity contribution in [2.75, 3.05) is 17.2 Å². The zero-order valence-corrected chi connectivity index (χ0v) is 11.5. The molecule has 1 aliphatic rings. The first kappa shape index (κ1) is 12.7. The van der Waals surface area contributed by atoms with Gasteiger partial charge in [0.05, 0.1) is 0 Å². The first-order chi connectivity index (χ1) is 9.78. The minimum atomic E-state index is -0.158. The van der Waals surface area contributed by atoms with Gasteiger partial charge in [0.15, 0.2) is 0 Å². The lowest BCUT2D eigenvalue weighted by atomic mass is 10.1. The Hall–Kier alpha value is -2.30. The first-order valence-electron chi connectivity index (χ1n) is 6.98. The molecule has 0 spiro atoms. The molecular formula is C15H18N4O. The van der Waals surface area contributed by atoms with Crippen molar-refractivity contribution in [3.05, 3.63) is 41.7 Å². The van der Waals surface area contributed by atoms with Crippen LogP contribution in [0.2, 0.25) is 0 Å². The van der Waals surface area contributed by atoms with Crippen LogP contribution in [-0.4, -0.2) is 22.0 Å². The van der Waals surface area contributed by atoms with E-state index in [2.05, 4.69) is 22.5 Å². The minimum Gasteiger partial charge on any atom is -0.356 e. The number of para-hydroxylation sites is 1. The van der Waals surface area contributed by atoms with Gasteiger partial charge in [0, 0.05) is 25.0 Å². The fraction of sp³-hybridized carbons (Fsp3) is 0.333. The van der Waals surface area contributed by atoms with Crippen molar-refractivity contribution in [3.8, 4) is 0 Å². The van der Waals surface area contributed by atoms with Crippen molar-refractivity contribution in [3.63, 3.8) is 0 Å². The summed E-state index contributed by atoms with van der Waals surface area (Å²) in [6, 6.07) is 7.85. The fourth-order valence-electron chi connectivity index (χ4n) is 2.42. The molecule has 2 N–H and O–H groups in total. The molecule has 3 rings (SSSR count). The number of nitrogens with zero attached hydrogens (tertiary/aromatic N) is 2. The second kappa shape index (κ2) is 5.36. The SMILES string of the molecule is CCc1ccccc1NC(=O)c1cn2c(n1)NCCC2. The average molecular weight is 270 g/mol. The predicted octanol–water partition coefficient (Wildman–Crippen LogP) is 2.51. The van der Waals surface area contributed by atoms with Gasteiger partial charge in [-0.05, 0) is 24.5 Å². The normalized spacial score (nSPS) is 13.4. The summed E-state index contributed by atoms with van der Waals surface area (Å²) >= 11 is 0. The van der Waals surface area contributed by atoms with Crippen LogP contribution < -0.4 is 10.6 Å². The van der Waals surface area contributed by atoms with Gasteiger partial charge in [0.25, 0.3) is 5.91 Å². The van der Waals surface area contributed by atoms with Crippen LogP contribution in [0.25, 0.3) is 0 Å². The van der Waals surface area contributed by atoms with Crippen LogP contribution in [0, 0.1) is 0 Å². The molecule has 0 radical (unpaired) electrons. The van der Waals surface area contributed by atoms with Gasteiger partial charge in [0.2, 0.25) is 5.95 Å². The zero-order chi connectivity index (χ0) is 13.9. The molecule has 0 saturated heterocycles. The van der Waals surface area contributed by atoms with E-state index in [1.807, 2.05) is 35.0 Å². The summed E-state index contributed by atoms with van der Waals surface area (Å²) < 4.78 is 1.99. The number of carbonyl (C=O) groups excluding carboxylic acids is 1. The highest BCUT2D eigenvalue weighted by Gasteiger charge is 2.17. The number of nitrogens with one attached hydrogen (secondary N) is 2. The van der Waals surface area contributed by atoms with Crippen molar-refractivity contribution in [2.24, 2.45) is 0 Å². The van der Waals surface area contributed by atoms with E-state index in [0.717, 1.165) is 43.1 Å². The zero-order valence-electron chi connectivity index (χ0n) is 11.5. The predicted molar refractivity (Wildman–Crippen MR) is 79.1 cm³/mol.